The van der Waals surface area contributed by atoms with Crippen LogP contribution in [0.15, 0.2) is 77.0 Å². The summed E-state index contributed by atoms with van der Waals surface area (Å²) in [5, 5.41) is 12.3. The van der Waals surface area contributed by atoms with Gasteiger partial charge in [-0.05, 0) is 12.1 Å². The number of pyridine rings is 1. The first-order valence-electron chi connectivity index (χ1n) is 6.60. The molecule has 0 radical (unpaired) electrons. The summed E-state index contributed by atoms with van der Waals surface area (Å²) in [6.45, 7) is 0. The molecule has 0 unspecified atom stereocenters. The van der Waals surface area contributed by atoms with E-state index in [2.05, 4.69) is 45.7 Å². The summed E-state index contributed by atoms with van der Waals surface area (Å²) in [5.41, 5.74) is 3.52. The smallest absolute Gasteiger partial charge is 0.201 e. The first-order chi connectivity index (χ1) is 11.4. The molecule has 0 aliphatic carbocycles. The Bertz CT molecular complexity index is 788. The van der Waals surface area contributed by atoms with Crippen LogP contribution in [0.4, 0.5) is 11.6 Å². The molecule has 0 saturated carbocycles. The van der Waals surface area contributed by atoms with Crippen LogP contribution in [0.3, 0.4) is 0 Å². The molecule has 0 amide bonds. The molecule has 3 rings (SSSR count). The predicted molar refractivity (Wildman–Crippen MR) is 83.0 cm³/mol. The molecule has 23 heavy (non-hydrogen) atoms. The van der Waals surface area contributed by atoms with Crippen molar-refractivity contribution in [3.63, 3.8) is 0 Å². The van der Waals surface area contributed by atoms with Gasteiger partial charge in [-0.3, -0.25) is 20.4 Å². The fraction of sp³-hybridized carbons (Fsp3) is 0. The summed E-state index contributed by atoms with van der Waals surface area (Å²) < 4.78 is 0. The maximum absolute atomic E-state index is 4.21. The van der Waals surface area contributed by atoms with E-state index in [-0.39, 0.29) is 0 Å². The van der Waals surface area contributed by atoms with Crippen LogP contribution >= 0.6 is 0 Å². The molecule has 1 N–H and O–H groups in total. The van der Waals surface area contributed by atoms with Crippen molar-refractivity contribution < 1.29 is 0 Å². The maximum Gasteiger partial charge on any atom is 0.201 e. The van der Waals surface area contributed by atoms with E-state index in [9.17, 15) is 0 Å². The average molecular weight is 305 g/mol. The highest BCUT2D eigenvalue weighted by atomic mass is 15.4. The summed E-state index contributed by atoms with van der Waals surface area (Å²) in [7, 11) is 0. The van der Waals surface area contributed by atoms with Crippen molar-refractivity contribution in [2.45, 2.75) is 0 Å². The molecule has 0 aliphatic heterocycles. The second-order valence-corrected chi connectivity index (χ2v) is 4.14. The van der Waals surface area contributed by atoms with Crippen LogP contribution in [0, 0.1) is 0 Å². The maximum atomic E-state index is 4.21. The van der Waals surface area contributed by atoms with Gasteiger partial charge in [0, 0.05) is 42.7 Å². The first-order valence-corrected chi connectivity index (χ1v) is 6.60. The van der Waals surface area contributed by atoms with Crippen LogP contribution in [-0.4, -0.2) is 30.8 Å². The third-order valence-electron chi connectivity index (χ3n) is 2.57. The van der Waals surface area contributed by atoms with Crippen molar-refractivity contribution in [1.82, 2.24) is 24.9 Å². The van der Waals surface area contributed by atoms with Gasteiger partial charge in [-0.25, -0.2) is 9.97 Å². The Morgan fingerprint density at radius 3 is 2.30 bits per heavy atom. The van der Waals surface area contributed by atoms with Crippen LogP contribution < -0.4 is 5.43 Å². The van der Waals surface area contributed by atoms with Gasteiger partial charge in [-0.1, -0.05) is 0 Å². The predicted octanol–water partition coefficient (Wildman–Crippen LogP) is 2.22. The number of nitrogens with one attached hydrogen (secondary N) is 1. The van der Waals surface area contributed by atoms with Gasteiger partial charge in [0.25, 0.3) is 0 Å². The van der Waals surface area contributed by atoms with Crippen molar-refractivity contribution in [2.75, 3.05) is 5.43 Å². The second-order valence-electron chi connectivity index (χ2n) is 4.14. The van der Waals surface area contributed by atoms with E-state index in [0.717, 1.165) is 5.56 Å². The largest absolute Gasteiger partial charge is 0.265 e. The number of aromatic nitrogens is 5. The zero-order chi connectivity index (χ0) is 15.7. The molecule has 0 aromatic carbocycles. The highest BCUT2D eigenvalue weighted by Gasteiger charge is 2.03. The van der Waals surface area contributed by atoms with Gasteiger partial charge in [-0.2, -0.15) is 5.10 Å². The van der Waals surface area contributed by atoms with E-state index >= 15 is 0 Å². The quantitative estimate of drug-likeness (QED) is 0.342. The lowest BCUT2D eigenvalue weighted by molar-refractivity contribution is 1.11. The van der Waals surface area contributed by atoms with Crippen molar-refractivity contribution in [2.24, 2.45) is 15.3 Å². The Morgan fingerprint density at radius 1 is 0.826 bits per heavy atom. The number of azo groups is 1. The minimum atomic E-state index is 0.351. The lowest BCUT2D eigenvalue weighted by Gasteiger charge is -2.01. The lowest BCUT2D eigenvalue weighted by Crippen LogP contribution is -2.02. The summed E-state index contributed by atoms with van der Waals surface area (Å²) in [6.07, 6.45) is 12.6. The van der Waals surface area contributed by atoms with Crippen molar-refractivity contribution in [3.8, 4) is 0 Å². The zero-order valence-corrected chi connectivity index (χ0v) is 11.9. The van der Waals surface area contributed by atoms with E-state index in [1.165, 1.54) is 12.4 Å². The SMILES string of the molecule is c1cc(C(N=Nc2cnccn2)=NNc2cnccn2)ccn1. The van der Waals surface area contributed by atoms with E-state index in [1.807, 2.05) is 0 Å². The molecule has 0 bridgehead atoms. The Labute approximate surface area is 131 Å². The number of hydrazone groups is 1. The van der Waals surface area contributed by atoms with Gasteiger partial charge in [0.1, 0.15) is 0 Å². The second kappa shape index (κ2) is 7.41. The van der Waals surface area contributed by atoms with E-state index in [0.29, 0.717) is 17.5 Å². The number of anilines is 1. The molecule has 3 aromatic rings. The molecule has 0 spiro atoms. The number of hydrogen-bond acceptors (Lipinski definition) is 8. The third-order valence-corrected chi connectivity index (χ3v) is 2.57. The van der Waals surface area contributed by atoms with Crippen LogP contribution in [0.5, 0.6) is 0 Å². The number of hydrogen-bond donors (Lipinski definition) is 1. The number of amidine groups is 1. The topological polar surface area (TPSA) is 114 Å². The van der Waals surface area contributed by atoms with Gasteiger partial charge in [0.05, 0.1) is 12.4 Å². The van der Waals surface area contributed by atoms with Gasteiger partial charge in [0.15, 0.2) is 11.6 Å². The lowest BCUT2D eigenvalue weighted by atomic mass is 10.2. The molecule has 9 heteroatoms. The summed E-state index contributed by atoms with van der Waals surface area (Å²) in [6, 6.07) is 3.54. The molecule has 0 atom stereocenters. The van der Waals surface area contributed by atoms with E-state index < -0.39 is 0 Å². The highest BCUT2D eigenvalue weighted by molar-refractivity contribution is 5.99. The zero-order valence-electron chi connectivity index (χ0n) is 11.9. The van der Waals surface area contributed by atoms with Gasteiger partial charge in [0.2, 0.25) is 5.84 Å². The summed E-state index contributed by atoms with van der Waals surface area (Å²) in [4.78, 5) is 20.0. The number of nitrogens with zero attached hydrogens (tertiary/aromatic N) is 8. The molecular weight excluding hydrogens is 294 g/mol. The first kappa shape index (κ1) is 14.3. The van der Waals surface area contributed by atoms with Crippen LogP contribution in [0.2, 0.25) is 0 Å². The normalized spacial score (nSPS) is 11.6. The molecule has 3 heterocycles. The van der Waals surface area contributed by atoms with Crippen molar-refractivity contribution in [3.05, 3.63) is 67.3 Å². The van der Waals surface area contributed by atoms with E-state index in [1.54, 1.807) is 49.3 Å². The third kappa shape index (κ3) is 4.17. The van der Waals surface area contributed by atoms with Gasteiger partial charge in [-0.15, -0.1) is 10.2 Å². The molecule has 0 fully saturated rings. The fourth-order valence-corrected chi connectivity index (χ4v) is 1.55. The van der Waals surface area contributed by atoms with Crippen molar-refractivity contribution in [1.29, 1.82) is 0 Å². The standard InChI is InChI=1S/C14H11N9/c1-3-15-4-2-11(1)14(22-20-12-9-16-5-7-18-12)23-21-13-10-17-6-8-19-13/h1-10H,(H,18,20). The minimum absolute atomic E-state index is 0.351. The fourth-order valence-electron chi connectivity index (χ4n) is 1.55. The molecule has 9 nitrogen and oxygen atoms in total. The Hall–Kier alpha value is -3.62. The van der Waals surface area contributed by atoms with Gasteiger partial charge < -0.3 is 0 Å². The highest BCUT2D eigenvalue weighted by Crippen LogP contribution is 2.08. The average Bonchev–Trinajstić information content (AvgIpc) is 2.64. The monoisotopic (exact) mass is 305 g/mol. The minimum Gasteiger partial charge on any atom is -0.265 e. The molecule has 3 aromatic heterocycles. The molecular formula is C14H11N9. The van der Waals surface area contributed by atoms with Crippen molar-refractivity contribution >= 4 is 17.5 Å². The number of rotatable bonds is 4. The van der Waals surface area contributed by atoms with Crippen LogP contribution in [-0.2, 0) is 0 Å². The van der Waals surface area contributed by atoms with E-state index in [4.69, 9.17) is 0 Å². The Balaban J connectivity index is 1.86. The summed E-state index contributed by atoms with van der Waals surface area (Å²) >= 11 is 0. The summed E-state index contributed by atoms with van der Waals surface area (Å²) in [5.74, 6) is 1.23. The molecule has 0 saturated heterocycles. The van der Waals surface area contributed by atoms with Gasteiger partial charge >= 0.3 is 0 Å². The Kier molecular flexibility index (Phi) is 4.61. The van der Waals surface area contributed by atoms with Crippen LogP contribution in [0.1, 0.15) is 5.56 Å². The molecule has 0 aliphatic rings. The van der Waals surface area contributed by atoms with Crippen LogP contribution in [0.25, 0.3) is 0 Å². The molecule has 112 valence electrons. The Morgan fingerprint density at radius 2 is 1.61 bits per heavy atom.